The van der Waals surface area contributed by atoms with Crippen LogP contribution in [0.1, 0.15) is 5.56 Å². The fourth-order valence-corrected chi connectivity index (χ4v) is 3.26. The number of carbonyl (C=O) groups excluding carboxylic acids is 1. The molecule has 0 fully saturated rings. The molecule has 0 aliphatic carbocycles. The quantitative estimate of drug-likeness (QED) is 0.722. The first-order chi connectivity index (χ1) is 10.8. The third-order valence-corrected chi connectivity index (χ3v) is 5.08. The number of amides is 1. The summed E-state index contributed by atoms with van der Waals surface area (Å²) in [4.78, 5) is 12.2. The monoisotopic (exact) mass is 444 g/mol. The van der Waals surface area contributed by atoms with Gasteiger partial charge >= 0.3 is 0 Å². The number of sulfonamides is 1. The molecule has 2 aromatic carbocycles. The van der Waals surface area contributed by atoms with E-state index in [2.05, 4.69) is 27.9 Å². The van der Waals surface area contributed by atoms with Gasteiger partial charge in [-0.1, -0.05) is 18.2 Å². The first kappa shape index (κ1) is 17.7. The zero-order valence-corrected chi connectivity index (χ0v) is 15.8. The predicted molar refractivity (Wildman–Crippen MR) is 101 cm³/mol. The van der Waals surface area contributed by atoms with Gasteiger partial charge in [0.15, 0.2) is 0 Å². The number of nitrogens with one attached hydrogen (secondary N) is 1. The Morgan fingerprint density at radius 1 is 1.13 bits per heavy atom. The predicted octanol–water partition coefficient (Wildman–Crippen LogP) is 3.00. The third kappa shape index (κ3) is 4.93. The first-order valence-corrected chi connectivity index (χ1v) is 9.79. The lowest BCUT2D eigenvalue weighted by Gasteiger charge is -2.22. The minimum absolute atomic E-state index is 0.270. The summed E-state index contributed by atoms with van der Waals surface area (Å²) in [6.07, 6.45) is 1.09. The van der Waals surface area contributed by atoms with Crippen LogP contribution in [0.15, 0.2) is 48.5 Å². The molecule has 0 bridgehead atoms. The van der Waals surface area contributed by atoms with Crippen LogP contribution < -0.4 is 9.62 Å². The van der Waals surface area contributed by atoms with E-state index in [1.807, 2.05) is 25.1 Å². The molecule has 0 spiro atoms. The van der Waals surface area contributed by atoms with Crippen molar-refractivity contribution in [3.63, 3.8) is 0 Å². The van der Waals surface area contributed by atoms with E-state index in [1.54, 1.807) is 30.3 Å². The van der Waals surface area contributed by atoms with Gasteiger partial charge in [0.1, 0.15) is 6.54 Å². The van der Waals surface area contributed by atoms with Crippen molar-refractivity contribution in [2.24, 2.45) is 0 Å². The highest BCUT2D eigenvalue weighted by Gasteiger charge is 2.21. The molecule has 0 saturated carbocycles. The molecule has 0 aliphatic rings. The zero-order chi connectivity index (χ0) is 17.0. The van der Waals surface area contributed by atoms with Crippen molar-refractivity contribution in [2.75, 3.05) is 22.4 Å². The fraction of sp³-hybridized carbons (Fsp3) is 0.188. The third-order valence-electron chi connectivity index (χ3n) is 3.22. The highest BCUT2D eigenvalue weighted by atomic mass is 127. The molecule has 1 N–H and O–H groups in total. The molecule has 0 heterocycles. The number of hydrogen-bond donors (Lipinski definition) is 1. The number of hydrogen-bond acceptors (Lipinski definition) is 3. The van der Waals surface area contributed by atoms with Crippen molar-refractivity contribution >= 4 is 49.9 Å². The Morgan fingerprint density at radius 2 is 1.74 bits per heavy atom. The standard InChI is InChI=1S/C16H17IN2O3S/c1-12-5-3-4-6-15(12)18-16(20)11-19(23(2,21)22)14-9-7-13(17)8-10-14/h3-10H,11H2,1-2H3,(H,18,20). The lowest BCUT2D eigenvalue weighted by Crippen LogP contribution is -2.37. The van der Waals surface area contributed by atoms with E-state index >= 15 is 0 Å². The summed E-state index contributed by atoms with van der Waals surface area (Å²) >= 11 is 2.14. The summed E-state index contributed by atoms with van der Waals surface area (Å²) in [6.45, 7) is 1.61. The minimum atomic E-state index is -3.56. The molecule has 1 amide bonds. The van der Waals surface area contributed by atoms with Gasteiger partial charge in [-0.2, -0.15) is 0 Å². The normalized spacial score (nSPS) is 11.1. The topological polar surface area (TPSA) is 66.5 Å². The summed E-state index contributed by atoms with van der Waals surface area (Å²) in [5.41, 5.74) is 2.06. The van der Waals surface area contributed by atoms with E-state index in [1.165, 1.54) is 0 Å². The van der Waals surface area contributed by atoms with Crippen LogP contribution in [0.4, 0.5) is 11.4 Å². The van der Waals surface area contributed by atoms with Crippen molar-refractivity contribution in [1.29, 1.82) is 0 Å². The maximum absolute atomic E-state index is 12.2. The van der Waals surface area contributed by atoms with E-state index in [0.29, 0.717) is 11.4 Å². The fourth-order valence-electron chi connectivity index (χ4n) is 2.04. The minimum Gasteiger partial charge on any atom is -0.324 e. The number of anilines is 2. The zero-order valence-electron chi connectivity index (χ0n) is 12.8. The van der Waals surface area contributed by atoms with Gasteiger partial charge in [0.2, 0.25) is 15.9 Å². The maximum atomic E-state index is 12.2. The van der Waals surface area contributed by atoms with Crippen molar-refractivity contribution in [3.05, 3.63) is 57.7 Å². The molecule has 0 aliphatic heterocycles. The molecule has 0 radical (unpaired) electrons. The highest BCUT2D eigenvalue weighted by molar-refractivity contribution is 14.1. The van der Waals surface area contributed by atoms with Crippen LogP contribution in [0.2, 0.25) is 0 Å². The Morgan fingerprint density at radius 3 is 2.30 bits per heavy atom. The molecule has 0 unspecified atom stereocenters. The van der Waals surface area contributed by atoms with Gasteiger partial charge in [-0.25, -0.2) is 8.42 Å². The smallest absolute Gasteiger partial charge is 0.245 e. The van der Waals surface area contributed by atoms with Gasteiger partial charge in [-0.05, 0) is 65.4 Å². The molecule has 122 valence electrons. The summed E-state index contributed by atoms with van der Waals surface area (Å²) in [7, 11) is -3.56. The Kier molecular flexibility index (Phi) is 5.64. The van der Waals surface area contributed by atoms with Crippen LogP contribution in [-0.4, -0.2) is 27.1 Å². The molecule has 0 saturated heterocycles. The Hall–Kier alpha value is -1.61. The summed E-state index contributed by atoms with van der Waals surface area (Å²) in [6, 6.07) is 14.3. The Bertz CT molecular complexity index is 804. The second kappa shape index (κ2) is 7.31. The highest BCUT2D eigenvalue weighted by Crippen LogP contribution is 2.20. The van der Waals surface area contributed by atoms with Gasteiger partial charge in [0.25, 0.3) is 0 Å². The van der Waals surface area contributed by atoms with E-state index in [9.17, 15) is 13.2 Å². The van der Waals surface area contributed by atoms with Crippen LogP contribution in [-0.2, 0) is 14.8 Å². The molecular formula is C16H17IN2O3S. The first-order valence-electron chi connectivity index (χ1n) is 6.86. The van der Waals surface area contributed by atoms with Gasteiger partial charge < -0.3 is 5.32 Å². The van der Waals surface area contributed by atoms with Crippen LogP contribution in [0.25, 0.3) is 0 Å². The van der Waals surface area contributed by atoms with Crippen LogP contribution in [0.5, 0.6) is 0 Å². The average Bonchev–Trinajstić information content (AvgIpc) is 2.47. The van der Waals surface area contributed by atoms with Crippen LogP contribution in [0, 0.1) is 10.5 Å². The van der Waals surface area contributed by atoms with E-state index in [4.69, 9.17) is 0 Å². The van der Waals surface area contributed by atoms with Gasteiger partial charge in [0, 0.05) is 9.26 Å². The largest absolute Gasteiger partial charge is 0.324 e. The molecule has 2 rings (SSSR count). The molecule has 7 heteroatoms. The number of aryl methyl sites for hydroxylation is 1. The number of para-hydroxylation sites is 1. The number of rotatable bonds is 5. The maximum Gasteiger partial charge on any atom is 0.245 e. The second-order valence-corrected chi connectivity index (χ2v) is 8.26. The summed E-state index contributed by atoms with van der Waals surface area (Å²) in [5.74, 6) is -0.386. The van der Waals surface area contributed by atoms with Gasteiger partial charge in [-0.3, -0.25) is 9.10 Å². The second-order valence-electron chi connectivity index (χ2n) is 5.11. The average molecular weight is 444 g/mol. The van der Waals surface area contributed by atoms with Crippen molar-refractivity contribution in [1.82, 2.24) is 0 Å². The Balaban J connectivity index is 2.20. The number of benzene rings is 2. The summed E-state index contributed by atoms with van der Waals surface area (Å²) < 4.78 is 26.1. The SMILES string of the molecule is Cc1ccccc1NC(=O)CN(c1ccc(I)cc1)S(C)(=O)=O. The van der Waals surface area contributed by atoms with E-state index in [0.717, 1.165) is 19.7 Å². The van der Waals surface area contributed by atoms with Crippen molar-refractivity contribution in [2.45, 2.75) is 6.92 Å². The van der Waals surface area contributed by atoms with Gasteiger partial charge in [-0.15, -0.1) is 0 Å². The molecule has 2 aromatic rings. The molecule has 5 nitrogen and oxygen atoms in total. The Labute approximate surface area is 149 Å². The number of carbonyl (C=O) groups is 1. The van der Waals surface area contributed by atoms with E-state index in [-0.39, 0.29) is 12.5 Å². The molecule has 0 atom stereocenters. The molecule has 0 aromatic heterocycles. The number of nitrogens with zero attached hydrogens (tertiary/aromatic N) is 1. The van der Waals surface area contributed by atoms with Crippen molar-refractivity contribution in [3.8, 4) is 0 Å². The lowest BCUT2D eigenvalue weighted by molar-refractivity contribution is -0.114. The van der Waals surface area contributed by atoms with Crippen LogP contribution >= 0.6 is 22.6 Å². The number of halogens is 1. The summed E-state index contributed by atoms with van der Waals surface area (Å²) in [5, 5.41) is 2.75. The lowest BCUT2D eigenvalue weighted by atomic mass is 10.2. The van der Waals surface area contributed by atoms with Gasteiger partial charge in [0.05, 0.1) is 11.9 Å². The van der Waals surface area contributed by atoms with Crippen LogP contribution in [0.3, 0.4) is 0 Å². The van der Waals surface area contributed by atoms with Crippen molar-refractivity contribution < 1.29 is 13.2 Å². The molecular weight excluding hydrogens is 427 g/mol. The van der Waals surface area contributed by atoms with E-state index < -0.39 is 10.0 Å². The molecule has 23 heavy (non-hydrogen) atoms.